The number of carbonyl (C=O) groups excluding carboxylic acids is 1. The van der Waals surface area contributed by atoms with Crippen LogP contribution in [0.1, 0.15) is 85.8 Å². The van der Waals surface area contributed by atoms with E-state index in [0.29, 0.717) is 112 Å². The molecule has 0 spiro atoms. The molecule has 0 saturated heterocycles. The number of allylic oxidation sites excluding steroid dienone is 1. The molecule has 734 valence electrons. The average Bonchev–Trinajstić information content (AvgIpc) is 1.99. The van der Waals surface area contributed by atoms with Gasteiger partial charge in [-0.2, -0.15) is 0 Å². The van der Waals surface area contributed by atoms with Crippen LogP contribution in [0.2, 0.25) is 0 Å². The van der Waals surface area contributed by atoms with E-state index in [1.165, 1.54) is 113 Å². The van der Waals surface area contributed by atoms with Gasteiger partial charge in [-0.25, -0.2) is 58.5 Å². The van der Waals surface area contributed by atoms with Gasteiger partial charge >= 0.3 is 39.8 Å². The Balaban J connectivity index is 0.000000132. The van der Waals surface area contributed by atoms with Crippen LogP contribution in [0.3, 0.4) is 0 Å². The lowest BCUT2D eigenvalue weighted by Gasteiger charge is -2.10. The molecule has 1 saturated carbocycles. The van der Waals surface area contributed by atoms with E-state index in [-0.39, 0.29) is 50.4 Å². The molecule has 2 aliphatic heterocycles. The van der Waals surface area contributed by atoms with Crippen LogP contribution in [-0.4, -0.2) is 129 Å². The highest BCUT2D eigenvalue weighted by molar-refractivity contribution is 7.72. The highest BCUT2D eigenvalue weighted by atomic mass is 32.1. The molecule has 0 bridgehead atoms. The Morgan fingerprint density at radius 3 is 1.04 bits per heavy atom. The molecule has 0 unspecified atom stereocenters. The standard InChI is InChI=1S/2C16H18N4OS.2C15H16N4OS.C15H14N4OS.C11H12N4O2S.C11H14N4OS/c1-10-4-6-11(7-5-10)9-17-13-8-12-14(18-13)19(2)16(21)20(3)15(12)22;1-10-5-4-6-11(7-10)9-17-13-8-12-14(18-13)19(2)16(21)20(3)15(12)22;2*1-10-4-6-11(7-5-10)8-19-9-16-13-12(19)14(21)18(3)15(20)17(13)2;1-10(11-7-5-4-6-8-11)19-9-16-13-12(19)14(21)18(3)15(20)17(13)2;1-6(2)9(16)15-5-12-8-7(15)10(18)14(4)11(17)13(8)3;1-13-9-8(10(17)14(2)11(13)16)15(6-12-9)5-7-3-4-7/h2*4-7H,8-9H2,1-3H3,(H,17,18);2*4-7,9H,8H2,1-3H3;4-9H,1H2,2-3H3;5H,1H2,2-4H3;6-7H,3-5H2,1-2H3. The molecule has 36 nitrogen and oxygen atoms in total. The van der Waals surface area contributed by atoms with Crippen molar-refractivity contribution in [1.29, 1.82) is 0 Å². The first-order valence-electron chi connectivity index (χ1n) is 44.8. The van der Waals surface area contributed by atoms with Gasteiger partial charge in [-0.15, -0.1) is 0 Å². The summed E-state index contributed by atoms with van der Waals surface area (Å²) in [5.74, 6) is 3.69. The van der Waals surface area contributed by atoms with E-state index in [1.807, 2.05) is 50.1 Å². The fourth-order valence-electron chi connectivity index (χ4n) is 16.2. The van der Waals surface area contributed by atoms with Crippen LogP contribution < -0.4 is 50.5 Å². The lowest BCUT2D eigenvalue weighted by Crippen LogP contribution is -2.29. The fraction of sp³-hybridized carbons (Fsp3) is 0.293. The molecule has 12 aromatic heterocycles. The second-order valence-corrected chi connectivity index (χ2v) is 38.0. The minimum Gasteiger partial charge on any atom is -0.329 e. The minimum absolute atomic E-state index is 0.126. The third kappa shape index (κ3) is 21.0. The maximum Gasteiger partial charge on any atom is 0.330 e. The maximum atomic E-state index is 12.1. The van der Waals surface area contributed by atoms with Gasteiger partial charge < -0.3 is 24.3 Å². The summed E-state index contributed by atoms with van der Waals surface area (Å²) in [7, 11) is 23.6. The van der Waals surface area contributed by atoms with E-state index in [9.17, 15) is 38.4 Å². The summed E-state index contributed by atoms with van der Waals surface area (Å²) in [6.45, 7) is 21.1. The molecule has 43 heteroatoms. The fourth-order valence-corrected chi connectivity index (χ4v) is 18.1. The molecule has 2 N–H and O–H groups in total. The summed E-state index contributed by atoms with van der Waals surface area (Å²) >= 11 is 37.5. The first kappa shape index (κ1) is 103. The largest absolute Gasteiger partial charge is 0.330 e. The molecule has 3 aliphatic rings. The second kappa shape index (κ2) is 42.7. The first-order valence-corrected chi connectivity index (χ1v) is 47.7. The zero-order valence-electron chi connectivity index (χ0n) is 82.1. The van der Waals surface area contributed by atoms with Crippen molar-refractivity contribution in [2.45, 2.75) is 93.0 Å². The molecular formula is C99H108N28O8S7. The number of aliphatic imine (C=N–C) groups is 2. The summed E-state index contributed by atoms with van der Waals surface area (Å²) in [6, 6.07) is 43.1. The number of aryl methyl sites for hydroxylation is 9. The third-order valence-electron chi connectivity index (χ3n) is 24.9. The summed E-state index contributed by atoms with van der Waals surface area (Å²) < 4.78 is 33.5. The Hall–Kier alpha value is -14.8. The Labute approximate surface area is 849 Å². The molecule has 1 aliphatic carbocycles. The number of anilines is 2. The van der Waals surface area contributed by atoms with Crippen molar-refractivity contribution in [2.24, 2.45) is 115 Å². The SMILES string of the molecule is C=C(C)C(=O)n1cnc2c1c(=S)n(C)c(=O)n2C.C=C(c1ccccc1)n1cnc2c1c(=S)n(C)c(=O)n2C.Cc1ccc(CN=C2Cc3c(n(C)c(=O)n(C)c3=S)N2)cc1.Cc1ccc(Cn2cnc3c2c(=S)n(C)c(=O)n3C)cc1.Cc1ccc(Cn2cnc3c2c(=S)n(C)c(=O)n3C)cc1.Cc1cccc(CN=C2Cc3c(n(C)c(=O)n(C)c3=S)N2)c1.Cn1c(=S)c2c(ncn2CC2CC2)n(C)c1=O. The number of hydrogen-bond donors (Lipinski definition) is 2. The van der Waals surface area contributed by atoms with Crippen molar-refractivity contribution in [2.75, 3.05) is 10.6 Å². The Morgan fingerprint density at radius 1 is 0.352 bits per heavy atom. The van der Waals surface area contributed by atoms with Gasteiger partial charge in [-0.3, -0.25) is 87.9 Å². The number of rotatable bonds is 13. The topological polar surface area (TPSA) is 343 Å². The highest BCUT2D eigenvalue weighted by Crippen LogP contribution is 2.32. The summed E-state index contributed by atoms with van der Waals surface area (Å²) in [5.41, 5.74) is 19.0. The number of hydrogen-bond acceptors (Lipinski definition) is 22. The van der Waals surface area contributed by atoms with E-state index in [2.05, 4.69) is 182 Å². The molecule has 14 heterocycles. The van der Waals surface area contributed by atoms with Gasteiger partial charge in [0.05, 0.1) is 32.1 Å². The second-order valence-electron chi connectivity index (χ2n) is 35.2. The molecule has 17 aromatic rings. The number of carbonyl (C=O) groups is 1. The van der Waals surface area contributed by atoms with Gasteiger partial charge in [0.2, 0.25) is 0 Å². The zero-order valence-corrected chi connectivity index (χ0v) is 87.8. The van der Waals surface area contributed by atoms with Crippen molar-refractivity contribution in [3.05, 3.63) is 345 Å². The molecule has 0 radical (unpaired) electrons. The summed E-state index contributed by atoms with van der Waals surface area (Å²) in [6.07, 6.45) is 12.1. The van der Waals surface area contributed by atoms with Crippen LogP contribution >= 0.6 is 85.5 Å². The number of imidazole rings is 5. The van der Waals surface area contributed by atoms with Crippen LogP contribution in [0.5, 0.6) is 0 Å². The number of nitrogens with one attached hydrogen (secondary N) is 2. The monoisotopic (exact) mass is 2040 g/mol. The molecule has 0 atom stereocenters. The van der Waals surface area contributed by atoms with Crippen molar-refractivity contribution in [3.63, 3.8) is 0 Å². The van der Waals surface area contributed by atoms with Gasteiger partial charge in [0.1, 0.15) is 96.0 Å². The predicted molar refractivity (Wildman–Crippen MR) is 576 cm³/mol. The number of fused-ring (bicyclic) bond motifs is 7. The van der Waals surface area contributed by atoms with Gasteiger partial charge in [0.15, 0.2) is 28.2 Å². The van der Waals surface area contributed by atoms with E-state index < -0.39 is 0 Å². The van der Waals surface area contributed by atoms with Crippen LogP contribution in [0.25, 0.3) is 61.5 Å². The molecule has 20 rings (SSSR count). The number of nitrogens with zero attached hydrogens (tertiary/aromatic N) is 26. The Morgan fingerprint density at radius 2 is 0.669 bits per heavy atom. The van der Waals surface area contributed by atoms with Gasteiger partial charge in [-0.1, -0.05) is 248 Å². The molecule has 142 heavy (non-hydrogen) atoms. The molecule has 0 amide bonds. The predicted octanol–water partition coefficient (Wildman–Crippen LogP) is 13.5. The quantitative estimate of drug-likeness (QED) is 0.0800. The summed E-state index contributed by atoms with van der Waals surface area (Å²) in [5, 5.41) is 6.46. The maximum absolute atomic E-state index is 12.1. The van der Waals surface area contributed by atoms with Crippen LogP contribution in [0.15, 0.2) is 221 Å². The van der Waals surface area contributed by atoms with Gasteiger partial charge in [0.25, 0.3) is 5.91 Å². The number of aromatic nitrogens is 24. The van der Waals surface area contributed by atoms with E-state index in [4.69, 9.17) is 85.5 Å². The lowest BCUT2D eigenvalue weighted by molar-refractivity contribution is 0.0959. The van der Waals surface area contributed by atoms with Gasteiger partial charge in [-0.05, 0) is 81.2 Å². The van der Waals surface area contributed by atoms with E-state index in [0.717, 1.165) is 80.3 Å². The van der Waals surface area contributed by atoms with Crippen molar-refractivity contribution in [3.8, 4) is 0 Å². The van der Waals surface area contributed by atoms with Crippen molar-refractivity contribution in [1.82, 2.24) is 112 Å². The molecule has 5 aromatic carbocycles. The Kier molecular flexibility index (Phi) is 31.0. The van der Waals surface area contributed by atoms with E-state index in [1.54, 1.807) is 145 Å². The zero-order chi connectivity index (χ0) is 103. The highest BCUT2D eigenvalue weighted by Gasteiger charge is 2.28. The average molecular weight is 2040 g/mol. The number of amidine groups is 2. The molecular weight excluding hydrogens is 1930 g/mol. The third-order valence-corrected chi connectivity index (χ3v) is 28.2. The lowest BCUT2D eigenvalue weighted by atomic mass is 10.1. The van der Waals surface area contributed by atoms with Crippen LogP contribution in [0.4, 0.5) is 11.6 Å². The van der Waals surface area contributed by atoms with Crippen LogP contribution in [-0.2, 0) is 144 Å². The van der Waals surface area contributed by atoms with Crippen molar-refractivity contribution < 1.29 is 4.79 Å². The minimum atomic E-state index is -0.290. The normalized spacial score (nSPS) is 12.8. The Bertz CT molecular complexity index is 8830. The van der Waals surface area contributed by atoms with Gasteiger partial charge in [0, 0.05) is 154 Å². The smallest absolute Gasteiger partial charge is 0.329 e. The summed E-state index contributed by atoms with van der Waals surface area (Å²) in [4.78, 5) is 126. The molecule has 1 fully saturated rings. The first-order chi connectivity index (χ1) is 67.4. The number of benzene rings is 5. The van der Waals surface area contributed by atoms with Crippen molar-refractivity contribution >= 4 is 176 Å². The van der Waals surface area contributed by atoms with Crippen LogP contribution in [0, 0.1) is 66.1 Å². The van der Waals surface area contributed by atoms with E-state index >= 15 is 0 Å².